The van der Waals surface area contributed by atoms with Gasteiger partial charge >= 0.3 is 0 Å². The largest absolute Gasteiger partial charge is 0.286 e. The van der Waals surface area contributed by atoms with Crippen LogP contribution < -0.4 is 20.0 Å². The zero-order chi connectivity index (χ0) is 33.0. The van der Waals surface area contributed by atoms with E-state index < -0.39 is 0 Å². The highest BCUT2D eigenvalue weighted by molar-refractivity contribution is 5.98. The number of hydrogen-bond acceptors (Lipinski definition) is 4. The van der Waals surface area contributed by atoms with Crippen molar-refractivity contribution in [2.45, 2.75) is 0 Å². The van der Waals surface area contributed by atoms with Gasteiger partial charge in [0, 0.05) is 34.4 Å². The second-order valence-electron chi connectivity index (χ2n) is 11.3. The number of amides is 2. The molecule has 3 aromatic carbocycles. The van der Waals surface area contributed by atoms with E-state index >= 15 is 0 Å². The van der Waals surface area contributed by atoms with Gasteiger partial charge in [0.2, 0.25) is 0 Å². The summed E-state index contributed by atoms with van der Waals surface area (Å²) in [6.45, 7) is 0. The number of aryl methyl sites for hydroxylation is 2. The third-order valence-corrected chi connectivity index (χ3v) is 8.25. The molecule has 0 bridgehead atoms. The first-order valence-corrected chi connectivity index (χ1v) is 15.3. The summed E-state index contributed by atoms with van der Waals surface area (Å²) in [6.07, 6.45) is 11.4. The summed E-state index contributed by atoms with van der Waals surface area (Å²) in [5.41, 5.74) is 14.0. The molecule has 7 aromatic rings. The van der Waals surface area contributed by atoms with E-state index in [4.69, 9.17) is 0 Å². The Morgan fingerprint density at radius 3 is 1.33 bits per heavy atom. The van der Waals surface area contributed by atoms with Gasteiger partial charge in [0.05, 0.1) is 38.9 Å². The zero-order valence-electron chi connectivity index (χ0n) is 26.4. The molecule has 4 aromatic heterocycles. The Bertz CT molecular complexity index is 2170. The van der Waals surface area contributed by atoms with Crippen LogP contribution in [0.15, 0.2) is 144 Å². The van der Waals surface area contributed by atoms with Crippen LogP contribution in [-0.4, -0.2) is 33.0 Å². The van der Waals surface area contributed by atoms with E-state index in [9.17, 15) is 9.59 Å². The summed E-state index contributed by atoms with van der Waals surface area (Å²) >= 11 is 0. The van der Waals surface area contributed by atoms with Crippen LogP contribution in [0, 0.1) is 0 Å². The molecule has 0 saturated heterocycles. The van der Waals surface area contributed by atoms with Crippen molar-refractivity contribution in [1.29, 1.82) is 0 Å². The van der Waals surface area contributed by atoms with E-state index in [1.54, 1.807) is 36.7 Å². The van der Waals surface area contributed by atoms with Crippen LogP contribution in [0.25, 0.3) is 33.8 Å². The first-order chi connectivity index (χ1) is 23.4. The molecule has 0 aliphatic carbocycles. The second-order valence-corrected chi connectivity index (χ2v) is 11.3. The molecule has 0 unspecified atom stereocenters. The molecule has 0 atom stereocenters. The lowest BCUT2D eigenvalue weighted by molar-refractivity contribution is -0.633. The number of nitrogens with one attached hydrogen (secondary N) is 2. The van der Waals surface area contributed by atoms with Crippen LogP contribution in [0.2, 0.25) is 0 Å². The minimum Gasteiger partial charge on any atom is -0.267 e. The number of hydrogen-bond donors (Lipinski definition) is 2. The summed E-state index contributed by atoms with van der Waals surface area (Å²) in [5, 5.41) is 8.20. The van der Waals surface area contributed by atoms with Gasteiger partial charge < -0.3 is 0 Å². The van der Waals surface area contributed by atoms with Gasteiger partial charge in [-0.05, 0) is 71.8 Å². The average Bonchev–Trinajstić information content (AvgIpc) is 3.65. The third-order valence-electron chi connectivity index (χ3n) is 8.25. The van der Waals surface area contributed by atoms with Crippen molar-refractivity contribution in [2.24, 2.45) is 24.3 Å². The minimum absolute atomic E-state index is 0.375. The molecule has 0 aliphatic rings. The van der Waals surface area contributed by atoms with Gasteiger partial charge in [-0.3, -0.25) is 9.59 Å². The van der Waals surface area contributed by atoms with E-state index in [1.165, 1.54) is 0 Å². The highest BCUT2D eigenvalue weighted by Gasteiger charge is 2.16. The fourth-order valence-corrected chi connectivity index (χ4v) is 5.61. The van der Waals surface area contributed by atoms with Crippen molar-refractivity contribution < 1.29 is 18.7 Å². The maximum Gasteiger partial charge on any atom is 0.286 e. The molecule has 10 heteroatoms. The SMILES string of the molecule is C[n+]1c(-c2ccc(/C=N\NC(=O)c3ccc(C(=O)N/N=C/c4ccc(-c5cn6ccccc6[n+]5C)cc4)cc3)cc2)cn2ccccc21. The molecule has 4 heterocycles. The lowest BCUT2D eigenvalue weighted by Crippen LogP contribution is -2.29. The summed E-state index contributed by atoms with van der Waals surface area (Å²) in [7, 11) is 4.08. The lowest BCUT2D eigenvalue weighted by atomic mass is 10.1. The molecule has 0 aliphatic heterocycles. The molecular formula is C38H32N8O2+2. The molecule has 2 amide bonds. The van der Waals surface area contributed by atoms with Gasteiger partial charge in [-0.25, -0.2) is 28.8 Å². The maximum atomic E-state index is 12.6. The van der Waals surface area contributed by atoms with Gasteiger partial charge in [0.1, 0.15) is 12.4 Å². The van der Waals surface area contributed by atoms with Gasteiger partial charge in [0.25, 0.3) is 23.1 Å². The average molecular weight is 633 g/mol. The monoisotopic (exact) mass is 632 g/mol. The Hall–Kier alpha value is -6.68. The molecule has 234 valence electrons. The molecule has 7 rings (SSSR count). The molecule has 0 spiro atoms. The maximum absolute atomic E-state index is 12.6. The number of benzene rings is 3. The van der Waals surface area contributed by atoms with Crippen LogP contribution in [0.3, 0.4) is 0 Å². The molecule has 0 fully saturated rings. The molecule has 2 N–H and O–H groups in total. The highest BCUT2D eigenvalue weighted by atomic mass is 16.2. The van der Waals surface area contributed by atoms with Gasteiger partial charge in [0.15, 0.2) is 11.4 Å². The van der Waals surface area contributed by atoms with Crippen LogP contribution in [0.5, 0.6) is 0 Å². The van der Waals surface area contributed by atoms with Gasteiger partial charge in [-0.15, -0.1) is 0 Å². The molecule has 0 radical (unpaired) electrons. The fraction of sp³-hybridized carbons (Fsp3) is 0.0526. The number of carbonyl (C=O) groups excluding carboxylic acids is 2. The number of nitrogens with zero attached hydrogens (tertiary/aromatic N) is 6. The van der Waals surface area contributed by atoms with Crippen LogP contribution in [0.1, 0.15) is 31.8 Å². The number of carbonyl (C=O) groups is 2. The van der Waals surface area contributed by atoms with Crippen molar-refractivity contribution >= 4 is 35.5 Å². The summed E-state index contributed by atoms with van der Waals surface area (Å²) in [4.78, 5) is 25.3. The van der Waals surface area contributed by atoms with Crippen molar-refractivity contribution in [3.05, 3.63) is 156 Å². The Kier molecular flexibility index (Phi) is 8.11. The van der Waals surface area contributed by atoms with Crippen molar-refractivity contribution in [3.8, 4) is 22.5 Å². The summed E-state index contributed by atoms with van der Waals surface area (Å²) in [6, 6.07) is 34.3. The number of pyridine rings is 2. The van der Waals surface area contributed by atoms with Gasteiger partial charge in [-0.1, -0.05) is 36.4 Å². The molecule has 0 saturated carbocycles. The van der Waals surface area contributed by atoms with Crippen LogP contribution in [-0.2, 0) is 14.1 Å². The summed E-state index contributed by atoms with van der Waals surface area (Å²) in [5.74, 6) is -0.767. The topological polar surface area (TPSA) is 99.5 Å². The normalized spacial score (nSPS) is 11.5. The lowest BCUT2D eigenvalue weighted by Gasteiger charge is -2.03. The Balaban J connectivity index is 0.911. The smallest absolute Gasteiger partial charge is 0.267 e. The first kappa shape index (κ1) is 30.0. The predicted molar refractivity (Wildman–Crippen MR) is 185 cm³/mol. The predicted octanol–water partition coefficient (Wildman–Crippen LogP) is 4.70. The number of fused-ring (bicyclic) bond motifs is 2. The van der Waals surface area contributed by atoms with E-state index in [0.717, 1.165) is 44.9 Å². The van der Waals surface area contributed by atoms with Crippen molar-refractivity contribution in [3.63, 3.8) is 0 Å². The molecule has 48 heavy (non-hydrogen) atoms. The quantitative estimate of drug-likeness (QED) is 0.144. The Labute approximate surface area is 276 Å². The number of imidazole rings is 2. The number of rotatable bonds is 8. The first-order valence-electron chi connectivity index (χ1n) is 15.3. The minimum atomic E-state index is -0.383. The van der Waals surface area contributed by atoms with E-state index in [-0.39, 0.29) is 11.8 Å². The number of hydrazone groups is 2. The van der Waals surface area contributed by atoms with Crippen molar-refractivity contribution in [1.82, 2.24) is 19.7 Å². The standard InChI is InChI=1S/C38H30N8O2/c1-43-33(25-45-21-5-3-7-35(43)45)29-13-9-27(10-14-29)23-39-41-37(47)31-17-19-32(20-18-31)38(48)42-40-24-28-11-15-30(16-12-28)34-26-46-22-6-4-8-36(46)44(34)2/h3-26H,1-2H3/p+2/b39-23-,40-24+. The van der Waals surface area contributed by atoms with Crippen LogP contribution in [0.4, 0.5) is 0 Å². The van der Waals surface area contributed by atoms with E-state index in [2.05, 4.69) is 63.5 Å². The Morgan fingerprint density at radius 1 is 0.562 bits per heavy atom. The second kappa shape index (κ2) is 13.0. The third kappa shape index (κ3) is 6.10. The van der Waals surface area contributed by atoms with E-state index in [1.807, 2.05) is 99.3 Å². The molecule has 10 nitrogen and oxygen atoms in total. The zero-order valence-corrected chi connectivity index (χ0v) is 26.4. The van der Waals surface area contributed by atoms with Crippen molar-refractivity contribution in [2.75, 3.05) is 0 Å². The van der Waals surface area contributed by atoms with Crippen LogP contribution >= 0.6 is 0 Å². The fourth-order valence-electron chi connectivity index (χ4n) is 5.61. The highest BCUT2D eigenvalue weighted by Crippen LogP contribution is 2.19. The summed E-state index contributed by atoms with van der Waals surface area (Å²) < 4.78 is 8.44. The number of aromatic nitrogens is 4. The van der Waals surface area contributed by atoms with E-state index in [0.29, 0.717) is 11.1 Å². The Morgan fingerprint density at radius 2 is 0.958 bits per heavy atom. The van der Waals surface area contributed by atoms with Gasteiger partial charge in [-0.2, -0.15) is 10.2 Å². The molecular weight excluding hydrogens is 600 g/mol.